The highest BCUT2D eigenvalue weighted by Gasteiger charge is 2.02. The lowest BCUT2D eigenvalue weighted by atomic mass is 10.1. The molecule has 2 aromatic carbocycles. The van der Waals surface area contributed by atoms with Gasteiger partial charge in [0.15, 0.2) is 0 Å². The number of aryl methyl sites for hydroxylation is 2. The molecule has 0 aromatic heterocycles. The number of hydrogen-bond donors (Lipinski definition) is 2. The van der Waals surface area contributed by atoms with Crippen molar-refractivity contribution in [3.63, 3.8) is 0 Å². The highest BCUT2D eigenvalue weighted by Crippen LogP contribution is 2.20. The molecule has 0 atom stereocenters. The second-order valence-corrected chi connectivity index (χ2v) is 4.54. The lowest BCUT2D eigenvalue weighted by molar-refractivity contribution is 0.469. The van der Waals surface area contributed by atoms with Crippen LogP contribution < -0.4 is 5.32 Å². The molecule has 94 valence electrons. The molecule has 0 bridgehead atoms. The first kappa shape index (κ1) is 12.5. The van der Waals surface area contributed by atoms with Crippen molar-refractivity contribution < 1.29 is 5.11 Å². The minimum atomic E-state index is 0.354. The highest BCUT2D eigenvalue weighted by atomic mass is 16.3. The molecule has 0 saturated heterocycles. The Bertz CT molecular complexity index is 517. The second kappa shape index (κ2) is 5.58. The van der Waals surface area contributed by atoms with Crippen LogP contribution in [0.4, 0.5) is 5.69 Å². The van der Waals surface area contributed by atoms with Gasteiger partial charge >= 0.3 is 0 Å². The van der Waals surface area contributed by atoms with Crippen molar-refractivity contribution in [2.24, 2.45) is 0 Å². The van der Waals surface area contributed by atoms with Gasteiger partial charge in [0, 0.05) is 17.8 Å². The van der Waals surface area contributed by atoms with Crippen LogP contribution in [0.5, 0.6) is 5.75 Å². The molecular formula is C16H19NO. The topological polar surface area (TPSA) is 32.3 Å². The summed E-state index contributed by atoms with van der Waals surface area (Å²) >= 11 is 0. The first-order valence-corrected chi connectivity index (χ1v) is 6.30. The Kier molecular flexibility index (Phi) is 3.88. The summed E-state index contributed by atoms with van der Waals surface area (Å²) in [4.78, 5) is 0. The predicted octanol–water partition coefficient (Wildman–Crippen LogP) is 3.88. The Labute approximate surface area is 108 Å². The van der Waals surface area contributed by atoms with Crippen molar-refractivity contribution in [3.8, 4) is 5.75 Å². The second-order valence-electron chi connectivity index (χ2n) is 4.54. The Morgan fingerprint density at radius 2 is 1.78 bits per heavy atom. The number of rotatable bonds is 4. The van der Waals surface area contributed by atoms with E-state index in [1.165, 1.54) is 11.1 Å². The molecule has 0 aliphatic carbocycles. The predicted molar refractivity (Wildman–Crippen MR) is 76.0 cm³/mol. The van der Waals surface area contributed by atoms with E-state index < -0.39 is 0 Å². The van der Waals surface area contributed by atoms with E-state index >= 15 is 0 Å². The summed E-state index contributed by atoms with van der Waals surface area (Å²) in [7, 11) is 0. The lowest BCUT2D eigenvalue weighted by Crippen LogP contribution is -2.00. The molecule has 2 nitrogen and oxygen atoms in total. The van der Waals surface area contributed by atoms with E-state index in [2.05, 4.69) is 49.5 Å². The van der Waals surface area contributed by atoms with Crippen molar-refractivity contribution >= 4 is 5.69 Å². The van der Waals surface area contributed by atoms with E-state index in [0.717, 1.165) is 17.7 Å². The SMILES string of the molecule is CCc1ccc(O)c(CNc2ccc(C)cc2)c1. The summed E-state index contributed by atoms with van der Waals surface area (Å²) in [5.41, 5.74) is 4.50. The maximum Gasteiger partial charge on any atom is 0.120 e. The standard InChI is InChI=1S/C16H19NO/c1-3-13-6-9-16(18)14(10-13)11-17-15-7-4-12(2)5-8-15/h4-10,17-18H,3,11H2,1-2H3. The van der Waals surface area contributed by atoms with Gasteiger partial charge in [-0.05, 0) is 37.1 Å². The average molecular weight is 241 g/mol. The van der Waals surface area contributed by atoms with Gasteiger partial charge in [-0.2, -0.15) is 0 Å². The van der Waals surface area contributed by atoms with Gasteiger partial charge in [-0.15, -0.1) is 0 Å². The molecule has 2 aromatic rings. The number of phenols is 1. The van der Waals surface area contributed by atoms with Crippen LogP contribution in [0.15, 0.2) is 42.5 Å². The molecule has 0 heterocycles. The number of phenolic OH excluding ortho intramolecular Hbond substituents is 1. The molecule has 0 saturated carbocycles. The number of benzene rings is 2. The van der Waals surface area contributed by atoms with E-state index in [9.17, 15) is 5.11 Å². The number of nitrogens with one attached hydrogen (secondary N) is 1. The first-order chi connectivity index (χ1) is 8.69. The van der Waals surface area contributed by atoms with Crippen LogP contribution in [0.2, 0.25) is 0 Å². The monoisotopic (exact) mass is 241 g/mol. The normalized spacial score (nSPS) is 10.3. The van der Waals surface area contributed by atoms with Gasteiger partial charge in [0.1, 0.15) is 5.75 Å². The molecule has 0 spiro atoms. The van der Waals surface area contributed by atoms with Gasteiger partial charge < -0.3 is 10.4 Å². The fourth-order valence-electron chi connectivity index (χ4n) is 1.87. The minimum absolute atomic E-state index is 0.354. The molecule has 0 radical (unpaired) electrons. The smallest absolute Gasteiger partial charge is 0.120 e. The van der Waals surface area contributed by atoms with Crippen molar-refractivity contribution in [2.45, 2.75) is 26.8 Å². The summed E-state index contributed by atoms with van der Waals surface area (Å²) in [6.45, 7) is 4.83. The fourth-order valence-corrected chi connectivity index (χ4v) is 1.87. The Hall–Kier alpha value is -1.96. The Balaban J connectivity index is 2.07. The molecule has 0 amide bonds. The van der Waals surface area contributed by atoms with E-state index in [4.69, 9.17) is 0 Å². The molecule has 0 fully saturated rings. The van der Waals surface area contributed by atoms with Crippen LogP contribution in [-0.2, 0) is 13.0 Å². The van der Waals surface area contributed by atoms with Crippen molar-refractivity contribution in [1.29, 1.82) is 0 Å². The third kappa shape index (κ3) is 3.04. The third-order valence-electron chi connectivity index (χ3n) is 3.09. The maximum absolute atomic E-state index is 9.81. The van der Waals surface area contributed by atoms with E-state index in [-0.39, 0.29) is 0 Å². The van der Waals surface area contributed by atoms with Gasteiger partial charge in [0.05, 0.1) is 0 Å². The van der Waals surface area contributed by atoms with Crippen LogP contribution in [0.3, 0.4) is 0 Å². The molecule has 2 heteroatoms. The largest absolute Gasteiger partial charge is 0.508 e. The van der Waals surface area contributed by atoms with E-state index in [1.54, 1.807) is 6.07 Å². The number of hydrogen-bond acceptors (Lipinski definition) is 2. The summed E-state index contributed by atoms with van der Waals surface area (Å²) in [5.74, 6) is 0.354. The molecule has 0 unspecified atom stereocenters. The zero-order valence-electron chi connectivity index (χ0n) is 10.9. The third-order valence-corrected chi connectivity index (χ3v) is 3.09. The van der Waals surface area contributed by atoms with Gasteiger partial charge in [-0.25, -0.2) is 0 Å². The summed E-state index contributed by atoms with van der Waals surface area (Å²) in [6, 6.07) is 14.0. The first-order valence-electron chi connectivity index (χ1n) is 6.30. The van der Waals surface area contributed by atoms with Gasteiger partial charge in [0.2, 0.25) is 0 Å². The van der Waals surface area contributed by atoms with Crippen LogP contribution in [0.1, 0.15) is 23.6 Å². The highest BCUT2D eigenvalue weighted by molar-refractivity contribution is 5.46. The van der Waals surface area contributed by atoms with E-state index in [1.807, 2.05) is 6.07 Å². The Morgan fingerprint density at radius 3 is 2.44 bits per heavy atom. The molecular weight excluding hydrogens is 222 g/mol. The maximum atomic E-state index is 9.81. The van der Waals surface area contributed by atoms with Crippen molar-refractivity contribution in [2.75, 3.05) is 5.32 Å². The van der Waals surface area contributed by atoms with Crippen LogP contribution in [0.25, 0.3) is 0 Å². The van der Waals surface area contributed by atoms with Crippen LogP contribution >= 0.6 is 0 Å². The zero-order chi connectivity index (χ0) is 13.0. The molecule has 18 heavy (non-hydrogen) atoms. The van der Waals surface area contributed by atoms with Gasteiger partial charge in [-0.1, -0.05) is 36.8 Å². The molecule has 0 aliphatic heterocycles. The lowest BCUT2D eigenvalue weighted by Gasteiger charge is -2.10. The minimum Gasteiger partial charge on any atom is -0.508 e. The van der Waals surface area contributed by atoms with Crippen molar-refractivity contribution in [1.82, 2.24) is 0 Å². The molecule has 2 N–H and O–H groups in total. The average Bonchev–Trinajstić information content (AvgIpc) is 2.40. The molecule has 0 aliphatic rings. The molecule has 2 rings (SSSR count). The van der Waals surface area contributed by atoms with E-state index in [0.29, 0.717) is 12.3 Å². The quantitative estimate of drug-likeness (QED) is 0.851. The van der Waals surface area contributed by atoms with Gasteiger partial charge in [-0.3, -0.25) is 0 Å². The number of aromatic hydroxyl groups is 1. The fraction of sp³-hybridized carbons (Fsp3) is 0.250. The summed E-state index contributed by atoms with van der Waals surface area (Å²) in [6.07, 6.45) is 0.984. The summed E-state index contributed by atoms with van der Waals surface area (Å²) in [5, 5.41) is 13.1. The summed E-state index contributed by atoms with van der Waals surface area (Å²) < 4.78 is 0. The van der Waals surface area contributed by atoms with Crippen molar-refractivity contribution in [3.05, 3.63) is 59.2 Å². The van der Waals surface area contributed by atoms with Gasteiger partial charge in [0.25, 0.3) is 0 Å². The zero-order valence-corrected chi connectivity index (χ0v) is 10.9. The number of anilines is 1. The van der Waals surface area contributed by atoms with Crippen LogP contribution in [0, 0.1) is 6.92 Å². The van der Waals surface area contributed by atoms with Crippen LogP contribution in [-0.4, -0.2) is 5.11 Å². The Morgan fingerprint density at radius 1 is 1.06 bits per heavy atom.